The van der Waals surface area contributed by atoms with Crippen molar-refractivity contribution in [3.8, 4) is 0 Å². The van der Waals surface area contributed by atoms with Gasteiger partial charge in [0.15, 0.2) is 4.34 Å². The summed E-state index contributed by atoms with van der Waals surface area (Å²) in [6.07, 6.45) is -4.42. The molecule has 1 unspecified atom stereocenters. The first-order valence-electron chi connectivity index (χ1n) is 6.91. The first-order valence-corrected chi connectivity index (χ1v) is 8.61. The highest BCUT2D eigenvalue weighted by atomic mass is 32.2. The van der Waals surface area contributed by atoms with E-state index in [-0.39, 0.29) is 0 Å². The fraction of sp³-hybridized carbons (Fsp3) is 0.357. The van der Waals surface area contributed by atoms with Crippen LogP contribution in [0.5, 0.6) is 0 Å². The lowest BCUT2D eigenvalue weighted by molar-refractivity contribution is -0.137. The molecule has 10 heteroatoms. The van der Waals surface area contributed by atoms with Gasteiger partial charge in [0.05, 0.1) is 5.25 Å². The molecule has 0 aliphatic rings. The largest absolute Gasteiger partial charge is 0.405 e. The predicted octanol–water partition coefficient (Wildman–Crippen LogP) is 3.75. The van der Waals surface area contributed by atoms with Crippen molar-refractivity contribution < 1.29 is 18.0 Å². The monoisotopic (exact) mass is 376 g/mol. The zero-order chi connectivity index (χ0) is 17.7. The van der Waals surface area contributed by atoms with Gasteiger partial charge in [0.2, 0.25) is 11.0 Å². The highest BCUT2D eigenvalue weighted by molar-refractivity contribution is 8.02. The van der Waals surface area contributed by atoms with Crippen LogP contribution in [0.1, 0.15) is 12.5 Å². The average molecular weight is 376 g/mol. The molecule has 0 fully saturated rings. The van der Waals surface area contributed by atoms with Crippen LogP contribution in [0, 0.1) is 6.92 Å². The number of amides is 1. The molecule has 2 N–H and O–H groups in total. The number of thioether (sulfide) groups is 1. The molecule has 0 radical (unpaired) electrons. The number of hydrogen-bond acceptors (Lipinski definition) is 6. The highest BCUT2D eigenvalue weighted by Crippen LogP contribution is 2.30. The smallest absolute Gasteiger partial charge is 0.346 e. The standard InChI is InChI=1S/C14H15F3N4OS2/c1-8-3-5-10(6-4-8)19-12-20-21-13(24-12)23-9(2)11(22)18-7-14(15,16)17/h3-6,9H,7H2,1-2H3,(H,18,22)(H,19,20). The molecule has 0 saturated heterocycles. The number of halogens is 3. The van der Waals surface area contributed by atoms with Gasteiger partial charge in [0, 0.05) is 5.69 Å². The van der Waals surface area contributed by atoms with Crippen molar-refractivity contribution in [1.82, 2.24) is 15.5 Å². The average Bonchev–Trinajstić information content (AvgIpc) is 2.93. The van der Waals surface area contributed by atoms with Gasteiger partial charge in [-0.3, -0.25) is 4.79 Å². The first kappa shape index (κ1) is 18.5. The number of anilines is 2. The Bertz CT molecular complexity index is 688. The topological polar surface area (TPSA) is 66.9 Å². The molecule has 24 heavy (non-hydrogen) atoms. The van der Waals surface area contributed by atoms with Crippen LogP contribution in [0.15, 0.2) is 28.6 Å². The maximum Gasteiger partial charge on any atom is 0.405 e. The van der Waals surface area contributed by atoms with E-state index in [1.165, 1.54) is 18.3 Å². The minimum atomic E-state index is -4.42. The number of hydrogen-bond donors (Lipinski definition) is 2. The van der Waals surface area contributed by atoms with Gasteiger partial charge in [-0.15, -0.1) is 10.2 Å². The van der Waals surface area contributed by atoms with Crippen LogP contribution in [0.4, 0.5) is 24.0 Å². The molecule has 1 amide bonds. The Hall–Kier alpha value is -1.81. The number of nitrogens with zero attached hydrogens (tertiary/aromatic N) is 2. The van der Waals surface area contributed by atoms with Crippen molar-refractivity contribution in [2.24, 2.45) is 0 Å². The number of nitrogens with one attached hydrogen (secondary N) is 2. The molecule has 2 rings (SSSR count). The quantitative estimate of drug-likeness (QED) is 0.752. The molecule has 2 aromatic rings. The van der Waals surface area contributed by atoms with E-state index in [1.54, 1.807) is 0 Å². The second kappa shape index (κ2) is 7.84. The van der Waals surface area contributed by atoms with E-state index in [4.69, 9.17) is 0 Å². The molecule has 0 bridgehead atoms. The number of rotatable bonds is 6. The zero-order valence-electron chi connectivity index (χ0n) is 12.8. The summed E-state index contributed by atoms with van der Waals surface area (Å²) in [6, 6.07) is 7.70. The maximum absolute atomic E-state index is 12.1. The molecule has 1 heterocycles. The van der Waals surface area contributed by atoms with Crippen molar-refractivity contribution >= 4 is 39.8 Å². The van der Waals surface area contributed by atoms with Crippen LogP contribution in [-0.4, -0.2) is 34.1 Å². The van der Waals surface area contributed by atoms with E-state index in [2.05, 4.69) is 15.5 Å². The fourth-order valence-electron chi connectivity index (χ4n) is 1.60. The highest BCUT2D eigenvalue weighted by Gasteiger charge is 2.29. The number of aromatic nitrogens is 2. The summed E-state index contributed by atoms with van der Waals surface area (Å²) in [7, 11) is 0. The van der Waals surface area contributed by atoms with Crippen molar-refractivity contribution in [2.45, 2.75) is 29.6 Å². The molecule has 0 spiro atoms. The van der Waals surface area contributed by atoms with Crippen LogP contribution < -0.4 is 10.6 Å². The van der Waals surface area contributed by atoms with Gasteiger partial charge in [0.25, 0.3) is 0 Å². The third-order valence-electron chi connectivity index (χ3n) is 2.82. The van der Waals surface area contributed by atoms with Gasteiger partial charge in [-0.25, -0.2) is 0 Å². The molecule has 0 saturated carbocycles. The summed E-state index contributed by atoms with van der Waals surface area (Å²) in [5.74, 6) is -0.694. The van der Waals surface area contributed by atoms with Crippen molar-refractivity contribution in [3.05, 3.63) is 29.8 Å². The normalized spacial score (nSPS) is 12.7. The number of aryl methyl sites for hydroxylation is 1. The van der Waals surface area contributed by atoms with Crippen molar-refractivity contribution in [3.63, 3.8) is 0 Å². The zero-order valence-corrected chi connectivity index (χ0v) is 14.5. The van der Waals surface area contributed by atoms with Gasteiger partial charge in [-0.2, -0.15) is 13.2 Å². The molecule has 5 nitrogen and oxygen atoms in total. The Morgan fingerprint density at radius 1 is 1.29 bits per heavy atom. The minimum Gasteiger partial charge on any atom is -0.346 e. The Kier molecular flexibility index (Phi) is 6.05. The van der Waals surface area contributed by atoms with E-state index in [1.807, 2.05) is 36.5 Å². The summed E-state index contributed by atoms with van der Waals surface area (Å²) < 4.78 is 36.8. The molecule has 1 atom stereocenters. The van der Waals surface area contributed by atoms with Crippen LogP contribution in [0.2, 0.25) is 0 Å². The van der Waals surface area contributed by atoms with Gasteiger partial charge < -0.3 is 10.6 Å². The summed E-state index contributed by atoms with van der Waals surface area (Å²) >= 11 is 2.29. The van der Waals surface area contributed by atoms with Crippen LogP contribution in [-0.2, 0) is 4.79 Å². The van der Waals surface area contributed by atoms with Crippen LogP contribution in [0.3, 0.4) is 0 Å². The summed E-state index contributed by atoms with van der Waals surface area (Å²) in [5, 5.41) is 12.7. The fourth-order valence-corrected chi connectivity index (χ4v) is 3.54. The summed E-state index contributed by atoms with van der Waals surface area (Å²) in [5.41, 5.74) is 1.98. The SMILES string of the molecule is Cc1ccc(Nc2nnc(SC(C)C(=O)NCC(F)(F)F)s2)cc1. The van der Waals surface area contributed by atoms with E-state index in [9.17, 15) is 18.0 Å². The Morgan fingerprint density at radius 2 is 1.96 bits per heavy atom. The lowest BCUT2D eigenvalue weighted by atomic mass is 10.2. The van der Waals surface area contributed by atoms with Crippen molar-refractivity contribution in [1.29, 1.82) is 0 Å². The van der Waals surface area contributed by atoms with Gasteiger partial charge in [-0.05, 0) is 26.0 Å². The molecule has 0 aliphatic carbocycles. The summed E-state index contributed by atoms with van der Waals surface area (Å²) in [6.45, 7) is 2.16. The van der Waals surface area contributed by atoms with Crippen LogP contribution in [0.25, 0.3) is 0 Å². The summed E-state index contributed by atoms with van der Waals surface area (Å²) in [4.78, 5) is 11.6. The van der Waals surface area contributed by atoms with E-state index in [0.717, 1.165) is 23.0 Å². The third-order valence-corrected chi connectivity index (χ3v) is 4.84. The van der Waals surface area contributed by atoms with E-state index < -0.39 is 23.9 Å². The third kappa shape index (κ3) is 6.00. The van der Waals surface area contributed by atoms with E-state index in [0.29, 0.717) is 9.47 Å². The van der Waals surface area contributed by atoms with E-state index >= 15 is 0 Å². The molecule has 1 aromatic carbocycles. The first-order chi connectivity index (χ1) is 11.2. The number of carbonyl (C=O) groups is 1. The lowest BCUT2D eigenvalue weighted by Crippen LogP contribution is -2.37. The molecule has 130 valence electrons. The van der Waals surface area contributed by atoms with Gasteiger partial charge in [0.1, 0.15) is 6.54 Å². The molecule has 0 aliphatic heterocycles. The second-order valence-corrected chi connectivity index (χ2v) is 7.52. The van der Waals surface area contributed by atoms with Gasteiger partial charge in [-0.1, -0.05) is 40.8 Å². The Balaban J connectivity index is 1.88. The Labute approximate surface area is 145 Å². The molecular weight excluding hydrogens is 361 g/mol. The lowest BCUT2D eigenvalue weighted by Gasteiger charge is -2.11. The molecular formula is C14H15F3N4OS2. The van der Waals surface area contributed by atoms with Crippen molar-refractivity contribution in [2.75, 3.05) is 11.9 Å². The van der Waals surface area contributed by atoms with Gasteiger partial charge >= 0.3 is 6.18 Å². The number of carbonyl (C=O) groups excluding carboxylic acids is 1. The van der Waals surface area contributed by atoms with Crippen LogP contribution >= 0.6 is 23.1 Å². The minimum absolute atomic E-state index is 0.499. The number of benzene rings is 1. The predicted molar refractivity (Wildman–Crippen MR) is 88.8 cm³/mol. The number of alkyl halides is 3. The Morgan fingerprint density at radius 3 is 2.58 bits per heavy atom. The second-order valence-electron chi connectivity index (χ2n) is 4.96. The molecule has 1 aromatic heterocycles. The maximum atomic E-state index is 12.1.